The lowest BCUT2D eigenvalue weighted by atomic mass is 9.91. The number of alkyl carbamates (subject to hydrolysis) is 1. The molecule has 3 N–H and O–H groups in total. The molecule has 3 amide bonds. The number of hydrogen-bond acceptors (Lipinski definition) is 7. The zero-order chi connectivity index (χ0) is 32.4. The highest BCUT2D eigenvalue weighted by molar-refractivity contribution is 5.93. The Bertz CT molecular complexity index is 1230. The van der Waals surface area contributed by atoms with Crippen LogP contribution in [0.4, 0.5) is 4.79 Å². The summed E-state index contributed by atoms with van der Waals surface area (Å²) in [4.78, 5) is 54.9. The van der Waals surface area contributed by atoms with Crippen LogP contribution in [0.15, 0.2) is 48.5 Å². The van der Waals surface area contributed by atoms with Crippen LogP contribution >= 0.6 is 0 Å². The van der Waals surface area contributed by atoms with Crippen LogP contribution in [-0.2, 0) is 30.3 Å². The summed E-state index contributed by atoms with van der Waals surface area (Å²) in [5.41, 5.74) is 0.604. The molecule has 2 aromatic rings. The number of rotatable bonds is 13. The minimum atomic E-state index is -1.11. The van der Waals surface area contributed by atoms with Crippen molar-refractivity contribution in [3.05, 3.63) is 65.2 Å². The number of aromatic hydroxyl groups is 1. The fourth-order valence-electron chi connectivity index (χ4n) is 4.41. The van der Waals surface area contributed by atoms with Crippen molar-refractivity contribution in [3.63, 3.8) is 0 Å². The first-order chi connectivity index (χ1) is 20.1. The van der Waals surface area contributed by atoms with Crippen molar-refractivity contribution in [3.8, 4) is 5.75 Å². The average Bonchev–Trinajstić information content (AvgIpc) is 2.91. The molecule has 0 aliphatic heterocycles. The molecule has 2 aromatic carbocycles. The van der Waals surface area contributed by atoms with Crippen LogP contribution in [0, 0.1) is 6.92 Å². The molecule has 0 saturated heterocycles. The number of hydrogen-bond donors (Lipinski definition) is 3. The fourth-order valence-corrected chi connectivity index (χ4v) is 4.41. The number of benzene rings is 2. The molecule has 236 valence electrons. The number of carbonyl (C=O) groups is 4. The lowest BCUT2D eigenvalue weighted by molar-refractivity contribution is -0.149. The maximum Gasteiger partial charge on any atom is 0.408 e. The summed E-state index contributed by atoms with van der Waals surface area (Å²) in [6.07, 6.45) is -0.214. The van der Waals surface area contributed by atoms with Crippen LogP contribution in [0.3, 0.4) is 0 Å². The Hall–Kier alpha value is -4.08. The predicted molar refractivity (Wildman–Crippen MR) is 164 cm³/mol. The van der Waals surface area contributed by atoms with E-state index in [2.05, 4.69) is 10.6 Å². The van der Waals surface area contributed by atoms with Crippen molar-refractivity contribution in [2.24, 2.45) is 0 Å². The van der Waals surface area contributed by atoms with Crippen LogP contribution in [0.2, 0.25) is 0 Å². The third-order valence-corrected chi connectivity index (χ3v) is 6.95. The first-order valence-corrected chi connectivity index (χ1v) is 14.7. The maximum atomic E-state index is 14.6. The van der Waals surface area contributed by atoms with Gasteiger partial charge in [-0.15, -0.1) is 0 Å². The topological polar surface area (TPSA) is 134 Å². The molecule has 0 heterocycles. The predicted octanol–water partition coefficient (Wildman–Crippen LogP) is 4.96. The molecule has 0 radical (unpaired) electrons. The smallest absolute Gasteiger partial charge is 0.408 e. The lowest BCUT2D eigenvalue weighted by Gasteiger charge is -2.44. The Labute approximate surface area is 255 Å². The number of phenols is 1. The largest absolute Gasteiger partial charge is 0.508 e. The zero-order valence-electron chi connectivity index (χ0n) is 26.7. The van der Waals surface area contributed by atoms with E-state index in [-0.39, 0.29) is 31.7 Å². The summed E-state index contributed by atoms with van der Waals surface area (Å²) in [5.74, 6) is -1.33. The van der Waals surface area contributed by atoms with E-state index < -0.39 is 47.1 Å². The molecule has 0 saturated carbocycles. The van der Waals surface area contributed by atoms with Gasteiger partial charge in [0.1, 0.15) is 23.4 Å². The first-order valence-electron chi connectivity index (χ1n) is 14.7. The number of carbonyl (C=O) groups excluding carboxylic acids is 4. The van der Waals surface area contributed by atoms with E-state index in [1.165, 1.54) is 17.0 Å². The summed E-state index contributed by atoms with van der Waals surface area (Å²) in [6, 6.07) is 11.5. The number of amides is 3. The van der Waals surface area contributed by atoms with Crippen molar-refractivity contribution >= 4 is 23.9 Å². The van der Waals surface area contributed by atoms with Gasteiger partial charge in [0.25, 0.3) is 0 Å². The van der Waals surface area contributed by atoms with Crippen LogP contribution in [0.25, 0.3) is 0 Å². The van der Waals surface area contributed by atoms with Gasteiger partial charge in [0.05, 0.1) is 13.0 Å². The Balaban J connectivity index is 2.59. The summed E-state index contributed by atoms with van der Waals surface area (Å²) in [5, 5.41) is 15.3. The lowest BCUT2D eigenvalue weighted by Crippen LogP contribution is -2.60. The van der Waals surface area contributed by atoms with Gasteiger partial charge < -0.3 is 30.1 Å². The second-order valence-corrected chi connectivity index (χ2v) is 12.1. The SMILES string of the molecule is CCOC(=O)CCNC(=O)C(c1ccc(C)cc1)N(C(=O)C(Cc1ccc(O)cc1)NC(=O)OC(C)(C)C)C(C)(C)CC. The summed E-state index contributed by atoms with van der Waals surface area (Å²) in [6.45, 7) is 14.7. The molecular weight excluding hydrogens is 550 g/mol. The molecule has 2 atom stereocenters. The van der Waals surface area contributed by atoms with Crippen LogP contribution in [0.1, 0.15) is 84.0 Å². The van der Waals surface area contributed by atoms with Gasteiger partial charge in [-0.2, -0.15) is 0 Å². The number of aryl methyl sites for hydroxylation is 1. The van der Waals surface area contributed by atoms with E-state index in [0.717, 1.165) is 5.56 Å². The zero-order valence-corrected chi connectivity index (χ0v) is 26.7. The van der Waals surface area contributed by atoms with E-state index in [1.807, 2.05) is 39.8 Å². The monoisotopic (exact) mass is 597 g/mol. The molecule has 2 rings (SSSR count). The molecule has 0 fully saturated rings. The van der Waals surface area contributed by atoms with Gasteiger partial charge in [-0.1, -0.05) is 48.9 Å². The Kier molecular flexibility index (Phi) is 12.6. The quantitative estimate of drug-likeness (QED) is 0.278. The summed E-state index contributed by atoms with van der Waals surface area (Å²) >= 11 is 0. The standard InChI is InChI=1S/C33H47N3O7/c1-9-33(7,8)36(28(24-15-11-22(3)12-16-24)29(39)34-20-19-27(38)42-10-2)30(40)26(35-31(41)43-32(4,5)6)21-23-13-17-25(37)18-14-23/h11-18,26,28,37H,9-10,19-21H2,1-8H3,(H,34,39)(H,35,41). The molecule has 0 aliphatic rings. The minimum Gasteiger partial charge on any atom is -0.508 e. The first kappa shape index (κ1) is 35.1. The number of nitrogens with one attached hydrogen (secondary N) is 2. The van der Waals surface area contributed by atoms with Crippen molar-refractivity contribution in [1.29, 1.82) is 0 Å². The van der Waals surface area contributed by atoms with Crippen LogP contribution in [0.5, 0.6) is 5.75 Å². The molecule has 2 unspecified atom stereocenters. The number of phenolic OH excluding ortho intramolecular Hbond substituents is 1. The van der Waals surface area contributed by atoms with Crippen molar-refractivity contribution in [2.45, 2.75) is 97.9 Å². The maximum absolute atomic E-state index is 14.6. The Morgan fingerprint density at radius 1 is 0.930 bits per heavy atom. The molecular formula is C33H47N3O7. The number of ether oxygens (including phenoxy) is 2. The molecule has 43 heavy (non-hydrogen) atoms. The highest BCUT2D eigenvalue weighted by atomic mass is 16.6. The van der Waals surface area contributed by atoms with Gasteiger partial charge in [-0.05, 0) is 78.1 Å². The summed E-state index contributed by atoms with van der Waals surface area (Å²) < 4.78 is 10.5. The third kappa shape index (κ3) is 10.9. The molecule has 0 aliphatic carbocycles. The van der Waals surface area contributed by atoms with E-state index in [4.69, 9.17) is 9.47 Å². The fraction of sp³-hybridized carbons (Fsp3) is 0.515. The van der Waals surface area contributed by atoms with Crippen LogP contribution < -0.4 is 10.6 Å². The van der Waals surface area contributed by atoms with Gasteiger partial charge in [-0.3, -0.25) is 14.4 Å². The molecule has 0 spiro atoms. The highest BCUT2D eigenvalue weighted by Crippen LogP contribution is 2.33. The highest BCUT2D eigenvalue weighted by Gasteiger charge is 2.43. The molecule has 0 aromatic heterocycles. The normalized spacial score (nSPS) is 12.9. The Morgan fingerprint density at radius 2 is 1.53 bits per heavy atom. The van der Waals surface area contributed by atoms with Crippen LogP contribution in [-0.4, -0.2) is 64.2 Å². The van der Waals surface area contributed by atoms with E-state index in [9.17, 15) is 24.3 Å². The van der Waals surface area contributed by atoms with Gasteiger partial charge in [-0.25, -0.2) is 4.79 Å². The molecule has 0 bridgehead atoms. The molecule has 10 heteroatoms. The van der Waals surface area contributed by atoms with Gasteiger partial charge >= 0.3 is 12.1 Å². The van der Waals surface area contributed by atoms with Gasteiger partial charge in [0, 0.05) is 18.5 Å². The molecule has 10 nitrogen and oxygen atoms in total. The van der Waals surface area contributed by atoms with E-state index in [1.54, 1.807) is 52.0 Å². The van der Waals surface area contributed by atoms with Crippen molar-refractivity contribution in [1.82, 2.24) is 15.5 Å². The minimum absolute atomic E-state index is 0.0189. The van der Waals surface area contributed by atoms with Crippen molar-refractivity contribution in [2.75, 3.05) is 13.2 Å². The third-order valence-electron chi connectivity index (χ3n) is 6.95. The van der Waals surface area contributed by atoms with E-state index in [0.29, 0.717) is 17.5 Å². The number of nitrogens with zero attached hydrogens (tertiary/aromatic N) is 1. The average molecular weight is 598 g/mol. The second kappa shape index (κ2) is 15.4. The second-order valence-electron chi connectivity index (χ2n) is 12.1. The van der Waals surface area contributed by atoms with Gasteiger partial charge in [0.2, 0.25) is 11.8 Å². The number of esters is 1. The van der Waals surface area contributed by atoms with E-state index >= 15 is 0 Å². The Morgan fingerprint density at radius 3 is 2.07 bits per heavy atom. The summed E-state index contributed by atoms with van der Waals surface area (Å²) in [7, 11) is 0. The van der Waals surface area contributed by atoms with Crippen molar-refractivity contribution < 1.29 is 33.8 Å². The van der Waals surface area contributed by atoms with Gasteiger partial charge in [0.15, 0.2) is 0 Å².